The van der Waals surface area contributed by atoms with Gasteiger partial charge in [0.15, 0.2) is 0 Å². The monoisotopic (exact) mass is 343 g/mol. The number of aliphatic carboxylic acids is 1. The molecule has 0 aromatic heterocycles. The van der Waals surface area contributed by atoms with Crippen molar-refractivity contribution in [2.45, 2.75) is 18.9 Å². The molecule has 1 atom stereocenters. The van der Waals surface area contributed by atoms with Gasteiger partial charge in [0, 0.05) is 10.0 Å². The minimum absolute atomic E-state index is 0.0792. The molecule has 2 rings (SSSR count). The maximum atomic E-state index is 11.9. The van der Waals surface area contributed by atoms with Crippen molar-refractivity contribution in [1.82, 2.24) is 10.6 Å². The van der Waals surface area contributed by atoms with Crippen LogP contribution in [0.2, 0.25) is 10.0 Å². The summed E-state index contributed by atoms with van der Waals surface area (Å²) >= 11 is 11.9. The highest BCUT2D eigenvalue weighted by Crippen LogP contribution is 2.24. The molecule has 1 unspecified atom stereocenters. The second-order valence-corrected chi connectivity index (χ2v) is 5.32. The zero-order valence-electron chi connectivity index (χ0n) is 11.1. The highest BCUT2D eigenvalue weighted by Gasteiger charge is 2.29. The van der Waals surface area contributed by atoms with Crippen LogP contribution in [0.4, 0.5) is 0 Å². The van der Waals surface area contributed by atoms with E-state index in [4.69, 9.17) is 28.3 Å². The number of rotatable bonds is 4. The summed E-state index contributed by atoms with van der Waals surface area (Å²) in [5.41, 5.74) is 0.454. The fraction of sp³-hybridized carbons (Fsp3) is 0.231. The molecule has 9 heteroatoms. The van der Waals surface area contributed by atoms with Crippen molar-refractivity contribution >= 4 is 46.9 Å². The summed E-state index contributed by atoms with van der Waals surface area (Å²) in [5.74, 6) is -2.29. The van der Waals surface area contributed by atoms with Crippen LogP contribution in [0, 0.1) is 0 Å². The van der Waals surface area contributed by atoms with E-state index in [1.165, 1.54) is 0 Å². The summed E-state index contributed by atoms with van der Waals surface area (Å²) in [6.07, 6.45) is -0.543. The number of nitrogens with zero attached hydrogens (tertiary/aromatic N) is 1. The second kappa shape index (κ2) is 6.76. The van der Waals surface area contributed by atoms with Gasteiger partial charge in [0.2, 0.25) is 11.9 Å². The number of carbonyl (C=O) groups is 3. The molecule has 0 fully saturated rings. The van der Waals surface area contributed by atoms with E-state index in [0.717, 1.165) is 0 Å². The Hall–Kier alpha value is -2.12. The lowest BCUT2D eigenvalue weighted by Crippen LogP contribution is -2.41. The number of carboxylic acid groups (broad SMARTS) is 1. The SMILES string of the molecule is O=C(O)CC1N=C(NC(=O)Cc2c(Cl)cccc2Cl)NC1=O. The van der Waals surface area contributed by atoms with Gasteiger partial charge in [-0.25, -0.2) is 4.99 Å². The topological polar surface area (TPSA) is 108 Å². The fourth-order valence-electron chi connectivity index (χ4n) is 1.85. The quantitative estimate of drug-likeness (QED) is 0.757. The molecular formula is C13H11Cl2N3O4. The normalized spacial score (nSPS) is 16.9. The van der Waals surface area contributed by atoms with Crippen LogP contribution in [-0.2, 0) is 20.8 Å². The predicted octanol–water partition coefficient (Wildman–Crippen LogP) is 0.981. The first-order valence-electron chi connectivity index (χ1n) is 6.20. The number of guanidine groups is 1. The number of nitrogens with one attached hydrogen (secondary N) is 2. The van der Waals surface area contributed by atoms with E-state index in [-0.39, 0.29) is 12.4 Å². The molecule has 22 heavy (non-hydrogen) atoms. The van der Waals surface area contributed by atoms with Gasteiger partial charge in [-0.3, -0.25) is 25.0 Å². The van der Waals surface area contributed by atoms with Crippen molar-refractivity contribution in [1.29, 1.82) is 0 Å². The maximum absolute atomic E-state index is 11.9. The van der Waals surface area contributed by atoms with Crippen molar-refractivity contribution in [3.8, 4) is 0 Å². The summed E-state index contributed by atoms with van der Waals surface area (Å²) in [7, 11) is 0. The van der Waals surface area contributed by atoms with Gasteiger partial charge in [-0.1, -0.05) is 29.3 Å². The van der Waals surface area contributed by atoms with E-state index in [1.54, 1.807) is 18.2 Å². The molecular weight excluding hydrogens is 333 g/mol. The highest BCUT2D eigenvalue weighted by atomic mass is 35.5. The van der Waals surface area contributed by atoms with Crippen LogP contribution in [0.1, 0.15) is 12.0 Å². The standard InChI is InChI=1S/C13H11Cl2N3O4/c14-7-2-1-3-8(15)6(7)4-10(19)17-13-16-9(5-11(20)21)12(22)18-13/h1-3,9H,4-5H2,(H,20,21)(H2,16,17,18,19,22). The largest absolute Gasteiger partial charge is 0.481 e. The van der Waals surface area contributed by atoms with Gasteiger partial charge in [0.05, 0.1) is 12.8 Å². The Morgan fingerprint density at radius 3 is 2.55 bits per heavy atom. The lowest BCUT2D eigenvalue weighted by atomic mass is 10.1. The number of amides is 2. The van der Waals surface area contributed by atoms with Crippen LogP contribution >= 0.6 is 23.2 Å². The summed E-state index contributed by atoms with van der Waals surface area (Å²) < 4.78 is 0. The summed E-state index contributed by atoms with van der Waals surface area (Å²) in [5, 5.41) is 14.0. The molecule has 0 radical (unpaired) electrons. The number of hydrogen-bond donors (Lipinski definition) is 3. The van der Waals surface area contributed by atoms with Crippen LogP contribution in [0.15, 0.2) is 23.2 Å². The Morgan fingerprint density at radius 2 is 1.95 bits per heavy atom. The average molecular weight is 344 g/mol. The van der Waals surface area contributed by atoms with Crippen molar-refractivity contribution < 1.29 is 19.5 Å². The predicted molar refractivity (Wildman–Crippen MR) is 79.9 cm³/mol. The molecule has 2 amide bonds. The summed E-state index contributed by atoms with van der Waals surface area (Å²) in [4.78, 5) is 37.8. The molecule has 7 nitrogen and oxygen atoms in total. The van der Waals surface area contributed by atoms with Gasteiger partial charge >= 0.3 is 5.97 Å². The molecule has 0 aliphatic carbocycles. The smallest absolute Gasteiger partial charge is 0.306 e. The van der Waals surface area contributed by atoms with E-state index < -0.39 is 30.2 Å². The van der Waals surface area contributed by atoms with Crippen LogP contribution < -0.4 is 10.6 Å². The number of benzene rings is 1. The van der Waals surface area contributed by atoms with Crippen LogP contribution in [-0.4, -0.2) is 34.9 Å². The van der Waals surface area contributed by atoms with E-state index >= 15 is 0 Å². The molecule has 0 saturated carbocycles. The molecule has 0 bridgehead atoms. The molecule has 116 valence electrons. The number of aliphatic imine (C=N–C) groups is 1. The van der Waals surface area contributed by atoms with Gasteiger partial charge in [-0.15, -0.1) is 0 Å². The van der Waals surface area contributed by atoms with Gasteiger partial charge in [-0.05, 0) is 17.7 Å². The zero-order valence-corrected chi connectivity index (χ0v) is 12.6. The first-order chi connectivity index (χ1) is 10.4. The van der Waals surface area contributed by atoms with Crippen molar-refractivity contribution in [3.63, 3.8) is 0 Å². The maximum Gasteiger partial charge on any atom is 0.306 e. The third-order valence-corrected chi connectivity index (χ3v) is 3.56. The Morgan fingerprint density at radius 1 is 1.32 bits per heavy atom. The molecule has 3 N–H and O–H groups in total. The lowest BCUT2D eigenvalue weighted by molar-refractivity contribution is -0.139. The second-order valence-electron chi connectivity index (χ2n) is 4.51. The molecule has 0 spiro atoms. The van der Waals surface area contributed by atoms with E-state index in [1.807, 2.05) is 0 Å². The minimum atomic E-state index is -1.15. The molecule has 1 aliphatic rings. The third kappa shape index (κ3) is 3.96. The molecule has 1 aromatic carbocycles. The minimum Gasteiger partial charge on any atom is -0.481 e. The van der Waals surface area contributed by atoms with Crippen molar-refractivity contribution in [2.24, 2.45) is 4.99 Å². The number of halogens is 2. The highest BCUT2D eigenvalue weighted by molar-refractivity contribution is 6.36. The van der Waals surface area contributed by atoms with Crippen LogP contribution in [0.3, 0.4) is 0 Å². The fourth-order valence-corrected chi connectivity index (χ4v) is 2.38. The van der Waals surface area contributed by atoms with Crippen molar-refractivity contribution in [2.75, 3.05) is 0 Å². The molecule has 0 saturated heterocycles. The Balaban J connectivity index is 2.01. The van der Waals surface area contributed by atoms with Crippen LogP contribution in [0.25, 0.3) is 0 Å². The molecule has 1 heterocycles. The number of carboxylic acids is 1. The molecule has 1 aliphatic heterocycles. The number of carbonyl (C=O) groups excluding carboxylic acids is 2. The zero-order chi connectivity index (χ0) is 16.3. The average Bonchev–Trinajstić information content (AvgIpc) is 2.73. The summed E-state index contributed by atoms with van der Waals surface area (Å²) in [6, 6.07) is 3.82. The van der Waals surface area contributed by atoms with E-state index in [9.17, 15) is 14.4 Å². The van der Waals surface area contributed by atoms with Crippen molar-refractivity contribution in [3.05, 3.63) is 33.8 Å². The molecule has 1 aromatic rings. The first-order valence-corrected chi connectivity index (χ1v) is 6.95. The van der Waals surface area contributed by atoms with E-state index in [0.29, 0.717) is 15.6 Å². The number of hydrogen-bond acceptors (Lipinski definition) is 4. The third-order valence-electron chi connectivity index (χ3n) is 2.85. The van der Waals surface area contributed by atoms with E-state index in [2.05, 4.69) is 15.6 Å². The Kier molecular flexibility index (Phi) is 4.99. The van der Waals surface area contributed by atoms with Crippen LogP contribution in [0.5, 0.6) is 0 Å². The lowest BCUT2D eigenvalue weighted by Gasteiger charge is -2.07. The Labute approximate surface area is 135 Å². The van der Waals surface area contributed by atoms with Gasteiger partial charge in [0.25, 0.3) is 5.91 Å². The van der Waals surface area contributed by atoms with Gasteiger partial charge in [-0.2, -0.15) is 0 Å². The summed E-state index contributed by atoms with van der Waals surface area (Å²) in [6.45, 7) is 0. The first kappa shape index (κ1) is 16.3. The van der Waals surface area contributed by atoms with Gasteiger partial charge in [0.1, 0.15) is 6.04 Å². The Bertz CT molecular complexity index is 655. The van der Waals surface area contributed by atoms with Gasteiger partial charge < -0.3 is 5.11 Å².